The van der Waals surface area contributed by atoms with E-state index in [0.717, 1.165) is 12.8 Å². The van der Waals surface area contributed by atoms with E-state index in [4.69, 9.17) is 9.47 Å². The summed E-state index contributed by atoms with van der Waals surface area (Å²) in [5.41, 5.74) is 1.32. The Morgan fingerprint density at radius 2 is 2.14 bits per heavy atom. The molecule has 1 saturated heterocycles. The molecule has 1 aliphatic heterocycles. The van der Waals surface area contributed by atoms with E-state index in [1.54, 1.807) is 47.0 Å². The molecule has 1 fully saturated rings. The van der Waals surface area contributed by atoms with Crippen LogP contribution in [0.3, 0.4) is 0 Å². The zero-order chi connectivity index (χ0) is 25.7. The van der Waals surface area contributed by atoms with Crippen LogP contribution in [-0.4, -0.2) is 55.1 Å². The number of carbonyl (C=O) groups excluding carboxylic acids is 1. The summed E-state index contributed by atoms with van der Waals surface area (Å²) < 4.78 is 39.8. The minimum absolute atomic E-state index is 0.0216. The van der Waals surface area contributed by atoms with E-state index in [9.17, 15) is 13.2 Å². The Morgan fingerprint density at radius 1 is 1.31 bits per heavy atom. The lowest BCUT2D eigenvalue weighted by atomic mass is 10.2. The second-order valence-electron chi connectivity index (χ2n) is 9.45. The summed E-state index contributed by atoms with van der Waals surface area (Å²) in [6, 6.07) is 10.7. The van der Waals surface area contributed by atoms with Crippen LogP contribution in [0.15, 0.2) is 53.1 Å². The van der Waals surface area contributed by atoms with Gasteiger partial charge >= 0.3 is 0 Å². The topological polar surface area (TPSA) is 90.7 Å². The number of hydrogen-bond donors (Lipinski definition) is 0. The maximum atomic E-state index is 13.5. The normalized spacial score (nSPS) is 15.9. The van der Waals surface area contributed by atoms with Crippen molar-refractivity contribution >= 4 is 27.1 Å². The third kappa shape index (κ3) is 6.35. The van der Waals surface area contributed by atoms with Gasteiger partial charge in [0.15, 0.2) is 0 Å². The number of rotatable bonds is 11. The lowest BCUT2D eigenvalue weighted by molar-refractivity contribution is 0.0504. The second-order valence-corrected chi connectivity index (χ2v) is 12.3. The van der Waals surface area contributed by atoms with Gasteiger partial charge < -0.3 is 18.9 Å². The number of benzene rings is 1. The van der Waals surface area contributed by atoms with Gasteiger partial charge in [-0.3, -0.25) is 4.79 Å². The first-order valence-corrected chi connectivity index (χ1v) is 14.6. The molecule has 0 spiro atoms. The Kier molecular flexibility index (Phi) is 8.48. The predicted octanol–water partition coefficient (Wildman–Crippen LogP) is 4.40. The van der Waals surface area contributed by atoms with E-state index in [0.29, 0.717) is 41.6 Å². The quantitative estimate of drug-likeness (QED) is 0.364. The number of ether oxygens (including phenoxy) is 2. The molecule has 3 aromatic rings. The van der Waals surface area contributed by atoms with Crippen LogP contribution in [0, 0.1) is 5.92 Å². The van der Waals surface area contributed by atoms with Crippen LogP contribution in [0.2, 0.25) is 0 Å². The van der Waals surface area contributed by atoms with Gasteiger partial charge in [0.05, 0.1) is 42.3 Å². The van der Waals surface area contributed by atoms with Crippen molar-refractivity contribution in [2.24, 2.45) is 5.92 Å². The van der Waals surface area contributed by atoms with Crippen molar-refractivity contribution in [2.75, 3.05) is 20.3 Å². The average Bonchev–Trinajstić information content (AvgIpc) is 3.61. The Labute approximate surface area is 216 Å². The molecule has 0 saturated carbocycles. The maximum absolute atomic E-state index is 13.5. The van der Waals surface area contributed by atoms with Crippen molar-refractivity contribution in [3.05, 3.63) is 64.1 Å². The Bertz CT molecular complexity index is 1260. The van der Waals surface area contributed by atoms with Crippen LogP contribution in [0.25, 0.3) is 0 Å². The Hall–Kier alpha value is -2.69. The molecular formula is C26H33N3O5S2. The number of thiophene rings is 1. The lowest BCUT2D eigenvalue weighted by Gasteiger charge is -2.26. The molecule has 194 valence electrons. The molecule has 0 bridgehead atoms. The molecule has 0 aliphatic carbocycles. The largest absolute Gasteiger partial charge is 0.497 e. The number of sulfone groups is 1. The number of aromatic nitrogens is 2. The molecule has 8 nitrogen and oxygen atoms in total. The lowest BCUT2D eigenvalue weighted by Crippen LogP contribution is -2.37. The van der Waals surface area contributed by atoms with Gasteiger partial charge in [0.25, 0.3) is 5.91 Å². The van der Waals surface area contributed by atoms with Crippen molar-refractivity contribution < 1.29 is 22.7 Å². The number of hydrogen-bond acceptors (Lipinski definition) is 7. The van der Waals surface area contributed by atoms with E-state index in [2.05, 4.69) is 4.98 Å². The third-order valence-electron chi connectivity index (χ3n) is 6.04. The monoisotopic (exact) mass is 531 g/mol. The highest BCUT2D eigenvalue weighted by atomic mass is 32.2. The number of amides is 1. The van der Waals surface area contributed by atoms with Crippen LogP contribution < -0.4 is 4.74 Å². The van der Waals surface area contributed by atoms with E-state index in [-0.39, 0.29) is 35.4 Å². The maximum Gasteiger partial charge on any atom is 0.264 e. The fourth-order valence-electron chi connectivity index (χ4n) is 4.38. The highest BCUT2D eigenvalue weighted by Crippen LogP contribution is 2.24. The zero-order valence-corrected chi connectivity index (χ0v) is 22.6. The molecule has 1 amide bonds. The molecule has 2 aromatic heterocycles. The average molecular weight is 532 g/mol. The van der Waals surface area contributed by atoms with Gasteiger partial charge in [0.1, 0.15) is 5.75 Å². The molecule has 0 radical (unpaired) electrons. The van der Waals surface area contributed by atoms with Crippen LogP contribution in [0.5, 0.6) is 5.75 Å². The third-order valence-corrected chi connectivity index (χ3v) is 8.49. The molecule has 4 rings (SSSR count). The summed E-state index contributed by atoms with van der Waals surface area (Å²) in [4.78, 5) is 20.1. The number of carbonyl (C=O) groups is 1. The van der Waals surface area contributed by atoms with E-state index < -0.39 is 9.84 Å². The van der Waals surface area contributed by atoms with Crippen molar-refractivity contribution in [2.45, 2.75) is 56.8 Å². The predicted molar refractivity (Wildman–Crippen MR) is 139 cm³/mol. The summed E-state index contributed by atoms with van der Waals surface area (Å²) >= 11 is 1.40. The molecule has 10 heteroatoms. The summed E-state index contributed by atoms with van der Waals surface area (Å²) in [7, 11) is -2.19. The van der Waals surface area contributed by atoms with Gasteiger partial charge in [-0.2, -0.15) is 0 Å². The SMILES string of the molecule is COc1cccc(CS(=O)(=O)c2ncc(CN(C[C@@H]3CCCO3)C(=O)c3cccs3)n2CC(C)C)c1. The summed E-state index contributed by atoms with van der Waals surface area (Å²) in [6.45, 7) is 5.94. The van der Waals surface area contributed by atoms with Crippen molar-refractivity contribution in [3.8, 4) is 5.75 Å². The smallest absolute Gasteiger partial charge is 0.264 e. The molecule has 36 heavy (non-hydrogen) atoms. The molecular weight excluding hydrogens is 498 g/mol. The molecule has 0 N–H and O–H groups in total. The van der Waals surface area contributed by atoms with Gasteiger partial charge in [-0.15, -0.1) is 11.3 Å². The van der Waals surface area contributed by atoms with Gasteiger partial charge in [-0.05, 0) is 47.9 Å². The summed E-state index contributed by atoms with van der Waals surface area (Å²) in [5.74, 6) is 0.514. The van der Waals surface area contributed by atoms with Gasteiger partial charge in [-0.1, -0.05) is 32.0 Å². The fraction of sp³-hybridized carbons (Fsp3) is 0.462. The molecule has 0 unspecified atom stereocenters. The fourth-order valence-corrected chi connectivity index (χ4v) is 6.56. The Balaban J connectivity index is 1.64. The van der Waals surface area contributed by atoms with Crippen molar-refractivity contribution in [1.82, 2.24) is 14.5 Å². The van der Waals surface area contributed by atoms with Gasteiger partial charge in [-0.25, -0.2) is 13.4 Å². The minimum atomic E-state index is -3.75. The standard InChI is InChI=1S/C26H33N3O5S2/c1-19(2)15-29-21(14-27-26(29)36(31,32)18-20-7-4-8-22(13-20)33-3)16-28(17-23-9-5-11-34-23)25(30)24-10-6-12-35-24/h4,6-8,10,12-14,19,23H,5,9,11,15-18H2,1-3H3/t23-/m0/s1. The number of nitrogens with zero attached hydrogens (tertiary/aromatic N) is 3. The molecule has 1 atom stereocenters. The van der Waals surface area contributed by atoms with Crippen molar-refractivity contribution in [3.63, 3.8) is 0 Å². The number of methoxy groups -OCH3 is 1. The first-order chi connectivity index (χ1) is 17.3. The summed E-state index contributed by atoms with van der Waals surface area (Å²) in [6.07, 6.45) is 3.44. The molecule has 1 aliphatic rings. The Morgan fingerprint density at radius 3 is 2.81 bits per heavy atom. The second kappa shape index (κ2) is 11.6. The molecule has 3 heterocycles. The van der Waals surface area contributed by atoms with Gasteiger partial charge in [0.2, 0.25) is 15.0 Å². The highest BCUT2D eigenvalue weighted by Gasteiger charge is 2.28. The van der Waals surface area contributed by atoms with E-state index in [1.165, 1.54) is 11.3 Å². The van der Waals surface area contributed by atoms with Crippen LogP contribution in [0.4, 0.5) is 0 Å². The van der Waals surface area contributed by atoms with Crippen LogP contribution in [0.1, 0.15) is 47.6 Å². The van der Waals surface area contributed by atoms with Gasteiger partial charge in [0, 0.05) is 19.7 Å². The number of imidazole rings is 1. The first kappa shape index (κ1) is 26.4. The zero-order valence-electron chi connectivity index (χ0n) is 20.9. The summed E-state index contributed by atoms with van der Waals surface area (Å²) in [5, 5.41) is 1.90. The minimum Gasteiger partial charge on any atom is -0.497 e. The highest BCUT2D eigenvalue weighted by molar-refractivity contribution is 7.90. The van der Waals surface area contributed by atoms with Crippen LogP contribution in [-0.2, 0) is 33.4 Å². The van der Waals surface area contributed by atoms with E-state index >= 15 is 0 Å². The van der Waals surface area contributed by atoms with Crippen molar-refractivity contribution in [1.29, 1.82) is 0 Å². The molecule has 1 aromatic carbocycles. The van der Waals surface area contributed by atoms with E-state index in [1.807, 2.05) is 31.4 Å². The first-order valence-electron chi connectivity index (χ1n) is 12.1. The van der Waals surface area contributed by atoms with Crippen LogP contribution >= 0.6 is 11.3 Å².